The third-order valence-electron chi connectivity index (χ3n) is 5.58. The maximum absolute atomic E-state index is 15.5. The summed E-state index contributed by atoms with van der Waals surface area (Å²) in [6, 6.07) is 0.883. The van der Waals surface area contributed by atoms with Crippen LogP contribution in [0.4, 0.5) is 19.3 Å². The number of nitrogens with zero attached hydrogens (tertiary/aromatic N) is 2. The highest BCUT2D eigenvalue weighted by molar-refractivity contribution is 5.86. The lowest BCUT2D eigenvalue weighted by atomic mass is 10.1. The van der Waals surface area contributed by atoms with Crippen molar-refractivity contribution in [3.63, 3.8) is 0 Å². The maximum atomic E-state index is 15.5. The van der Waals surface area contributed by atoms with Crippen LogP contribution in [0, 0.1) is 17.6 Å². The molecule has 0 amide bonds. The highest BCUT2D eigenvalue weighted by Crippen LogP contribution is 2.41. The Hall–Kier alpha value is -2.72. The molecule has 3 aliphatic rings. The molecule has 0 radical (unpaired) electrons. The number of rotatable bonds is 3. The van der Waals surface area contributed by atoms with Crippen LogP contribution in [0.25, 0.3) is 10.9 Å². The van der Waals surface area contributed by atoms with E-state index >= 15 is 4.39 Å². The van der Waals surface area contributed by atoms with Crippen molar-refractivity contribution in [2.45, 2.75) is 24.9 Å². The van der Waals surface area contributed by atoms with Crippen molar-refractivity contribution in [3.8, 4) is 5.75 Å². The first-order valence-corrected chi connectivity index (χ1v) is 9.04. The summed E-state index contributed by atoms with van der Waals surface area (Å²) in [5, 5.41) is 8.61. The number of carboxylic acid groups (broad SMARTS) is 1. The number of aromatic nitrogens is 1. The van der Waals surface area contributed by atoms with Crippen LogP contribution >= 0.6 is 0 Å². The molecule has 3 fully saturated rings. The third-order valence-corrected chi connectivity index (χ3v) is 5.58. The van der Waals surface area contributed by atoms with E-state index in [2.05, 4.69) is 10.2 Å². The van der Waals surface area contributed by atoms with Crippen LogP contribution in [0.1, 0.15) is 18.9 Å². The number of carbonyl (C=O) groups is 1. The molecule has 2 aliphatic heterocycles. The van der Waals surface area contributed by atoms with Gasteiger partial charge in [-0.3, -0.25) is 4.79 Å². The van der Waals surface area contributed by atoms with Gasteiger partial charge in [0.05, 0.1) is 29.7 Å². The van der Waals surface area contributed by atoms with Crippen LogP contribution in [-0.2, 0) is 4.84 Å². The number of hydrogen-bond donors (Lipinski definition) is 2. The van der Waals surface area contributed by atoms with Gasteiger partial charge in [-0.15, -0.1) is 0 Å². The van der Waals surface area contributed by atoms with E-state index in [0.717, 1.165) is 18.9 Å². The van der Waals surface area contributed by atoms with Crippen molar-refractivity contribution in [2.24, 2.45) is 5.92 Å². The largest absolute Gasteiger partial charge is 0.511 e. The minimum Gasteiger partial charge on any atom is -0.449 e. The Morgan fingerprint density at radius 1 is 1.32 bits per heavy atom. The van der Waals surface area contributed by atoms with E-state index in [1.807, 2.05) is 0 Å². The highest BCUT2D eigenvalue weighted by Gasteiger charge is 2.40. The van der Waals surface area contributed by atoms with Gasteiger partial charge in [0.1, 0.15) is 11.5 Å². The Bertz CT molecular complexity index is 1040. The van der Waals surface area contributed by atoms with Gasteiger partial charge >= 0.3 is 6.16 Å². The van der Waals surface area contributed by atoms with Crippen LogP contribution < -0.4 is 20.5 Å². The standard InChI is InChI=1S/C18H17F2N3O5/c19-11-3-10-15(14(20)16(11)22-4-8-7-27-21-12(8)5-22)23(9-1-2-9)6-13(17(10)24)28-18(25)26/h3,6,8-9,12,21H,1-2,4-5,7H2,(H,25,26). The molecule has 3 heterocycles. The summed E-state index contributed by atoms with van der Waals surface area (Å²) in [6.07, 6.45) is 1.06. The first kappa shape index (κ1) is 17.4. The first-order chi connectivity index (χ1) is 13.4. The van der Waals surface area contributed by atoms with Gasteiger partial charge in [0.25, 0.3) is 0 Å². The van der Waals surface area contributed by atoms with E-state index < -0.39 is 29.0 Å². The second-order valence-electron chi connectivity index (χ2n) is 7.45. The molecule has 1 aromatic heterocycles. The molecule has 2 unspecified atom stereocenters. The van der Waals surface area contributed by atoms with Crippen molar-refractivity contribution < 1.29 is 28.3 Å². The van der Waals surface area contributed by atoms with Crippen molar-refractivity contribution in [1.82, 2.24) is 10.0 Å². The number of hydroxylamine groups is 1. The second-order valence-corrected chi connectivity index (χ2v) is 7.45. The van der Waals surface area contributed by atoms with Gasteiger partial charge in [-0.05, 0) is 18.9 Å². The number of pyridine rings is 1. The molecule has 2 saturated heterocycles. The minimum atomic E-state index is -1.66. The Kier molecular flexibility index (Phi) is 3.81. The molecule has 0 bridgehead atoms. The highest BCUT2D eigenvalue weighted by atomic mass is 19.1. The fourth-order valence-electron chi connectivity index (χ4n) is 4.12. The van der Waals surface area contributed by atoms with Gasteiger partial charge in [-0.1, -0.05) is 0 Å². The van der Waals surface area contributed by atoms with Gasteiger partial charge < -0.3 is 24.1 Å². The van der Waals surface area contributed by atoms with Gasteiger partial charge in [0, 0.05) is 25.0 Å². The topological polar surface area (TPSA) is 93.0 Å². The third kappa shape index (κ3) is 2.63. The van der Waals surface area contributed by atoms with Crippen molar-refractivity contribution in [2.75, 3.05) is 24.6 Å². The smallest absolute Gasteiger partial charge is 0.449 e. The molecule has 1 aliphatic carbocycles. The van der Waals surface area contributed by atoms with Gasteiger partial charge in [-0.25, -0.2) is 13.6 Å². The first-order valence-electron chi connectivity index (χ1n) is 9.04. The number of hydrogen-bond acceptors (Lipinski definition) is 6. The average Bonchev–Trinajstić information content (AvgIpc) is 3.26. The lowest BCUT2D eigenvalue weighted by molar-refractivity contribution is 0.0845. The van der Waals surface area contributed by atoms with Crippen LogP contribution in [0.5, 0.6) is 5.75 Å². The molecule has 5 rings (SSSR count). The SMILES string of the molecule is O=C(O)Oc1cn(C2CC2)c2c(F)c(N3CC4CONC4C3)c(F)cc2c1=O. The zero-order valence-corrected chi connectivity index (χ0v) is 14.7. The van der Waals surface area contributed by atoms with Crippen LogP contribution in [0.3, 0.4) is 0 Å². The second kappa shape index (κ2) is 6.14. The zero-order chi connectivity index (χ0) is 19.6. The summed E-state index contributed by atoms with van der Waals surface area (Å²) in [7, 11) is 0. The molecular formula is C18H17F2N3O5. The van der Waals surface area contributed by atoms with Crippen LogP contribution in [0.2, 0.25) is 0 Å². The molecule has 2 atom stereocenters. The number of anilines is 1. The maximum Gasteiger partial charge on any atom is 0.511 e. The Labute approximate surface area is 157 Å². The molecule has 8 nitrogen and oxygen atoms in total. The average molecular weight is 393 g/mol. The van der Waals surface area contributed by atoms with Crippen LogP contribution in [0.15, 0.2) is 17.1 Å². The lowest BCUT2D eigenvalue weighted by Crippen LogP contribution is -2.30. The van der Waals surface area contributed by atoms with E-state index in [0.29, 0.717) is 19.7 Å². The fourth-order valence-corrected chi connectivity index (χ4v) is 4.12. The number of nitrogens with one attached hydrogen (secondary N) is 1. The number of benzene rings is 1. The predicted octanol–water partition coefficient (Wildman–Crippen LogP) is 2.01. The van der Waals surface area contributed by atoms with Crippen molar-refractivity contribution in [3.05, 3.63) is 34.1 Å². The quantitative estimate of drug-likeness (QED) is 0.771. The molecule has 1 saturated carbocycles. The summed E-state index contributed by atoms with van der Waals surface area (Å²) in [4.78, 5) is 30.2. The molecule has 2 aromatic rings. The van der Waals surface area contributed by atoms with Crippen molar-refractivity contribution in [1.29, 1.82) is 0 Å². The number of halogens is 2. The van der Waals surface area contributed by atoms with Gasteiger partial charge in [0.15, 0.2) is 11.6 Å². The summed E-state index contributed by atoms with van der Waals surface area (Å²) >= 11 is 0. The summed E-state index contributed by atoms with van der Waals surface area (Å²) in [6.45, 7) is 1.30. The number of fused-ring (bicyclic) bond motifs is 2. The Balaban J connectivity index is 1.69. The van der Waals surface area contributed by atoms with E-state index in [1.54, 1.807) is 4.90 Å². The molecular weight excluding hydrogens is 376 g/mol. The molecule has 2 N–H and O–H groups in total. The van der Waals surface area contributed by atoms with E-state index in [1.165, 1.54) is 10.8 Å². The van der Waals surface area contributed by atoms with E-state index in [4.69, 9.17) is 9.94 Å². The summed E-state index contributed by atoms with van der Waals surface area (Å²) in [5.41, 5.74) is 1.80. The molecule has 1 aromatic carbocycles. The molecule has 28 heavy (non-hydrogen) atoms. The Morgan fingerprint density at radius 2 is 2.11 bits per heavy atom. The molecule has 10 heteroatoms. The molecule has 0 spiro atoms. The van der Waals surface area contributed by atoms with E-state index in [-0.39, 0.29) is 34.6 Å². The number of ether oxygens (including phenoxy) is 1. The zero-order valence-electron chi connectivity index (χ0n) is 14.7. The predicted molar refractivity (Wildman–Crippen MR) is 93.6 cm³/mol. The van der Waals surface area contributed by atoms with Gasteiger partial charge in [-0.2, -0.15) is 5.48 Å². The van der Waals surface area contributed by atoms with Crippen LogP contribution in [-0.4, -0.2) is 41.6 Å². The monoisotopic (exact) mass is 393 g/mol. The summed E-state index contributed by atoms with van der Waals surface area (Å²) in [5.74, 6) is -2.01. The summed E-state index contributed by atoms with van der Waals surface area (Å²) < 4.78 is 36.5. The normalized spacial score (nSPS) is 24.0. The van der Waals surface area contributed by atoms with Crippen molar-refractivity contribution >= 4 is 22.7 Å². The van der Waals surface area contributed by atoms with E-state index in [9.17, 15) is 14.0 Å². The minimum absolute atomic E-state index is 0.00790. The lowest BCUT2D eigenvalue weighted by Gasteiger charge is -2.23. The fraction of sp³-hybridized carbons (Fsp3) is 0.444. The molecule has 148 valence electrons. The Morgan fingerprint density at radius 3 is 2.79 bits per heavy atom. The van der Waals surface area contributed by atoms with Gasteiger partial charge in [0.2, 0.25) is 5.43 Å².